The van der Waals surface area contributed by atoms with Crippen LogP contribution in [0.15, 0.2) is 52.5 Å². The molecule has 1 heterocycles. The van der Waals surface area contributed by atoms with Gasteiger partial charge in [-0.2, -0.15) is 0 Å². The number of thiocarbonyl (C=S) groups is 1. The van der Waals surface area contributed by atoms with Crippen LogP contribution in [-0.2, 0) is 14.4 Å². The zero-order valence-corrected chi connectivity index (χ0v) is 18.1. The number of rotatable bonds is 6. The lowest BCUT2D eigenvalue weighted by Crippen LogP contribution is -2.51. The molecule has 0 saturated carbocycles. The fourth-order valence-corrected chi connectivity index (χ4v) is 3.27. The van der Waals surface area contributed by atoms with Gasteiger partial charge in [-0.3, -0.25) is 25.0 Å². The second kappa shape index (κ2) is 9.51. The highest BCUT2D eigenvalue weighted by atomic mass is 79.9. The summed E-state index contributed by atoms with van der Waals surface area (Å²) in [5.41, 5.74) is 1.05. The predicted octanol–water partition coefficient (Wildman–Crippen LogP) is 2.39. The molecule has 8 nitrogen and oxygen atoms in total. The molecule has 1 saturated heterocycles. The van der Waals surface area contributed by atoms with Crippen molar-refractivity contribution < 1.29 is 23.9 Å². The van der Waals surface area contributed by atoms with Gasteiger partial charge in [0.25, 0.3) is 17.7 Å². The third-order valence-corrected chi connectivity index (χ3v) is 4.77. The summed E-state index contributed by atoms with van der Waals surface area (Å²) in [6.45, 7) is -0.223. The summed E-state index contributed by atoms with van der Waals surface area (Å²) in [6.07, 6.45) is 1.43. The fourth-order valence-electron chi connectivity index (χ4n) is 2.57. The number of ether oxygens (including phenoxy) is 2. The van der Waals surface area contributed by atoms with E-state index in [9.17, 15) is 14.4 Å². The lowest BCUT2D eigenvalue weighted by Gasteiger charge is -2.16. The molecular weight excluding hydrogens is 474 g/mol. The molecule has 0 spiro atoms. The third kappa shape index (κ3) is 5.22. The van der Waals surface area contributed by atoms with E-state index in [1.54, 1.807) is 42.5 Å². The van der Waals surface area contributed by atoms with Crippen molar-refractivity contribution in [1.82, 2.24) is 10.6 Å². The van der Waals surface area contributed by atoms with Crippen molar-refractivity contribution in [2.75, 3.05) is 19.0 Å². The molecule has 0 aromatic heterocycles. The number of methoxy groups -OCH3 is 1. The highest BCUT2D eigenvalue weighted by Gasteiger charge is 2.25. The summed E-state index contributed by atoms with van der Waals surface area (Å²) in [6, 6.07) is 12.0. The first-order valence-electron chi connectivity index (χ1n) is 8.61. The van der Waals surface area contributed by atoms with E-state index >= 15 is 0 Å². The average molecular weight is 490 g/mol. The van der Waals surface area contributed by atoms with Gasteiger partial charge in [-0.15, -0.1) is 0 Å². The van der Waals surface area contributed by atoms with Crippen LogP contribution < -0.4 is 25.4 Å². The molecule has 0 atom stereocenters. The molecule has 1 fully saturated rings. The van der Waals surface area contributed by atoms with Crippen molar-refractivity contribution in [2.24, 2.45) is 0 Å². The number of halogens is 1. The number of nitrogens with one attached hydrogen (secondary N) is 3. The molecule has 3 amide bonds. The highest BCUT2D eigenvalue weighted by Crippen LogP contribution is 2.27. The Bertz CT molecular complexity index is 1050. The molecule has 0 radical (unpaired) electrons. The number of benzene rings is 2. The Morgan fingerprint density at radius 3 is 2.50 bits per heavy atom. The number of anilines is 1. The molecule has 154 valence electrons. The summed E-state index contributed by atoms with van der Waals surface area (Å²) in [5.74, 6) is -0.544. The molecule has 3 N–H and O–H groups in total. The molecule has 3 rings (SSSR count). The SMILES string of the molecule is COc1ccccc1NC(=O)COc1ccc(C=C2C(=O)NC(=S)NC2=O)cc1Br. The van der Waals surface area contributed by atoms with E-state index in [4.69, 9.17) is 21.7 Å². The topological polar surface area (TPSA) is 106 Å². The monoisotopic (exact) mass is 489 g/mol. The van der Waals surface area contributed by atoms with E-state index in [1.165, 1.54) is 13.2 Å². The maximum atomic E-state index is 12.2. The lowest BCUT2D eigenvalue weighted by molar-refractivity contribution is -0.123. The average Bonchev–Trinajstić information content (AvgIpc) is 2.70. The van der Waals surface area contributed by atoms with E-state index < -0.39 is 11.8 Å². The molecule has 0 aliphatic carbocycles. The van der Waals surface area contributed by atoms with E-state index in [0.717, 1.165) is 0 Å². The van der Waals surface area contributed by atoms with Gasteiger partial charge in [-0.05, 0) is 64.1 Å². The Kier molecular flexibility index (Phi) is 6.80. The van der Waals surface area contributed by atoms with E-state index in [0.29, 0.717) is 27.2 Å². The number of hydrogen-bond acceptors (Lipinski definition) is 6. The van der Waals surface area contributed by atoms with Crippen molar-refractivity contribution in [1.29, 1.82) is 0 Å². The number of amides is 3. The van der Waals surface area contributed by atoms with Crippen LogP contribution in [0.3, 0.4) is 0 Å². The van der Waals surface area contributed by atoms with Gasteiger partial charge >= 0.3 is 0 Å². The molecule has 1 aliphatic rings. The first-order valence-corrected chi connectivity index (χ1v) is 9.81. The van der Waals surface area contributed by atoms with Gasteiger partial charge in [-0.1, -0.05) is 18.2 Å². The predicted molar refractivity (Wildman–Crippen MR) is 118 cm³/mol. The van der Waals surface area contributed by atoms with Gasteiger partial charge in [0, 0.05) is 0 Å². The van der Waals surface area contributed by atoms with Crippen LogP contribution in [0, 0.1) is 0 Å². The summed E-state index contributed by atoms with van der Waals surface area (Å²) in [7, 11) is 1.52. The Balaban J connectivity index is 1.65. The highest BCUT2D eigenvalue weighted by molar-refractivity contribution is 9.10. The minimum atomic E-state index is -0.576. The number of para-hydroxylation sites is 2. The first kappa shape index (κ1) is 21.5. The number of carbonyl (C=O) groups excluding carboxylic acids is 3. The Hall–Kier alpha value is -3.24. The second-order valence-corrected chi connectivity index (χ2v) is 7.28. The summed E-state index contributed by atoms with van der Waals surface area (Å²) < 4.78 is 11.3. The summed E-state index contributed by atoms with van der Waals surface area (Å²) in [5, 5.41) is 7.43. The Labute approximate surface area is 185 Å². The molecule has 30 heavy (non-hydrogen) atoms. The molecular formula is C20H16BrN3O5S. The molecule has 0 bridgehead atoms. The van der Waals surface area contributed by atoms with Crippen LogP contribution in [0.1, 0.15) is 5.56 Å². The van der Waals surface area contributed by atoms with Crippen LogP contribution in [0.2, 0.25) is 0 Å². The maximum absolute atomic E-state index is 12.2. The molecule has 2 aromatic carbocycles. The minimum absolute atomic E-state index is 0.0292. The van der Waals surface area contributed by atoms with Crippen LogP contribution in [0.25, 0.3) is 6.08 Å². The number of hydrogen-bond donors (Lipinski definition) is 3. The molecule has 2 aromatic rings. The maximum Gasteiger partial charge on any atom is 0.263 e. The van der Waals surface area contributed by atoms with Gasteiger partial charge < -0.3 is 14.8 Å². The van der Waals surface area contributed by atoms with Crippen LogP contribution in [-0.4, -0.2) is 36.6 Å². The molecule has 1 aliphatic heterocycles. The fraction of sp³-hybridized carbons (Fsp3) is 0.100. The third-order valence-electron chi connectivity index (χ3n) is 3.95. The van der Waals surface area contributed by atoms with Crippen molar-refractivity contribution >= 4 is 62.7 Å². The van der Waals surface area contributed by atoms with E-state index in [2.05, 4.69) is 31.9 Å². The van der Waals surface area contributed by atoms with Gasteiger partial charge in [0.05, 0.1) is 17.3 Å². The van der Waals surface area contributed by atoms with Crippen molar-refractivity contribution in [2.45, 2.75) is 0 Å². The standard InChI is InChI=1S/C20H16BrN3O5S/c1-28-16-5-3-2-4-14(16)22-17(25)10-29-15-7-6-11(9-13(15)21)8-12-18(26)23-20(30)24-19(12)27/h2-9H,10H2,1H3,(H,22,25)(H2,23,24,26,27,30). The van der Waals surface area contributed by atoms with Crippen LogP contribution in [0.5, 0.6) is 11.5 Å². The quantitative estimate of drug-likeness (QED) is 0.326. The zero-order valence-electron chi connectivity index (χ0n) is 15.7. The second-order valence-electron chi connectivity index (χ2n) is 6.02. The largest absolute Gasteiger partial charge is 0.495 e. The summed E-state index contributed by atoms with van der Waals surface area (Å²) in [4.78, 5) is 36.0. The van der Waals surface area contributed by atoms with Crippen LogP contribution >= 0.6 is 28.1 Å². The smallest absolute Gasteiger partial charge is 0.263 e. The van der Waals surface area contributed by atoms with Crippen molar-refractivity contribution in [3.8, 4) is 11.5 Å². The zero-order chi connectivity index (χ0) is 21.7. The van der Waals surface area contributed by atoms with Crippen molar-refractivity contribution in [3.05, 3.63) is 58.1 Å². The van der Waals surface area contributed by atoms with Gasteiger partial charge in [0.1, 0.15) is 17.1 Å². The van der Waals surface area contributed by atoms with Gasteiger partial charge in [0.15, 0.2) is 11.7 Å². The summed E-state index contributed by atoms with van der Waals surface area (Å²) >= 11 is 8.13. The molecule has 0 unspecified atom stereocenters. The Morgan fingerprint density at radius 1 is 1.13 bits per heavy atom. The van der Waals surface area contributed by atoms with E-state index in [1.807, 2.05) is 0 Å². The van der Waals surface area contributed by atoms with Crippen molar-refractivity contribution in [3.63, 3.8) is 0 Å². The first-order chi connectivity index (χ1) is 14.4. The Morgan fingerprint density at radius 2 is 1.83 bits per heavy atom. The van der Waals surface area contributed by atoms with E-state index in [-0.39, 0.29) is 23.2 Å². The van der Waals surface area contributed by atoms with Crippen LogP contribution in [0.4, 0.5) is 5.69 Å². The number of carbonyl (C=O) groups is 3. The minimum Gasteiger partial charge on any atom is -0.495 e. The molecule has 10 heteroatoms. The lowest BCUT2D eigenvalue weighted by atomic mass is 10.1. The van der Waals surface area contributed by atoms with Gasteiger partial charge in [-0.25, -0.2) is 0 Å². The normalized spacial score (nSPS) is 13.3. The van der Waals surface area contributed by atoms with Gasteiger partial charge in [0.2, 0.25) is 0 Å².